The fraction of sp³-hybridized carbons (Fsp3) is 0.467. The lowest BCUT2D eigenvalue weighted by Gasteiger charge is -2.14. The van der Waals surface area contributed by atoms with Crippen LogP contribution in [0.1, 0.15) is 36.2 Å². The molecule has 5 nitrogen and oxygen atoms in total. The van der Waals surface area contributed by atoms with E-state index in [2.05, 4.69) is 22.9 Å². The maximum atomic E-state index is 12.0. The van der Waals surface area contributed by atoms with Crippen LogP contribution in [0.4, 0.5) is 5.69 Å². The standard InChI is InChI=1S/C15H23N3O2/c1-5-8-17-13-7-6-12(9-10(13)2)15(20)18-11(3)14(19)16-4/h6-7,9,11,17H,5,8H2,1-4H3,(H,16,19)(H,18,20). The molecule has 0 bridgehead atoms. The molecule has 0 spiro atoms. The first kappa shape index (κ1) is 16.0. The molecule has 0 aliphatic heterocycles. The van der Waals surface area contributed by atoms with Crippen molar-refractivity contribution in [1.82, 2.24) is 10.6 Å². The van der Waals surface area contributed by atoms with E-state index in [9.17, 15) is 9.59 Å². The van der Waals surface area contributed by atoms with Crippen molar-refractivity contribution in [2.24, 2.45) is 0 Å². The lowest BCUT2D eigenvalue weighted by molar-refractivity contribution is -0.122. The van der Waals surface area contributed by atoms with Crippen LogP contribution in [-0.2, 0) is 4.79 Å². The second kappa shape index (κ2) is 7.53. The Balaban J connectivity index is 2.74. The zero-order chi connectivity index (χ0) is 15.1. The molecule has 0 fully saturated rings. The minimum Gasteiger partial charge on any atom is -0.385 e. The Labute approximate surface area is 120 Å². The summed E-state index contributed by atoms with van der Waals surface area (Å²) in [6.45, 7) is 6.61. The molecule has 1 aromatic carbocycles. The third-order valence-corrected chi connectivity index (χ3v) is 3.04. The summed E-state index contributed by atoms with van der Waals surface area (Å²) in [5, 5.41) is 8.47. The average molecular weight is 277 g/mol. The highest BCUT2D eigenvalue weighted by atomic mass is 16.2. The van der Waals surface area contributed by atoms with Crippen molar-refractivity contribution in [3.8, 4) is 0 Å². The lowest BCUT2D eigenvalue weighted by atomic mass is 10.1. The highest BCUT2D eigenvalue weighted by Crippen LogP contribution is 2.16. The molecule has 2 amide bonds. The summed E-state index contributed by atoms with van der Waals surface area (Å²) in [4.78, 5) is 23.4. The summed E-state index contributed by atoms with van der Waals surface area (Å²) in [7, 11) is 1.54. The van der Waals surface area contributed by atoms with Crippen molar-refractivity contribution in [3.05, 3.63) is 29.3 Å². The van der Waals surface area contributed by atoms with Crippen molar-refractivity contribution < 1.29 is 9.59 Å². The van der Waals surface area contributed by atoms with Crippen molar-refractivity contribution in [2.75, 3.05) is 18.9 Å². The number of nitrogens with one attached hydrogen (secondary N) is 3. The van der Waals surface area contributed by atoms with Crippen LogP contribution >= 0.6 is 0 Å². The van der Waals surface area contributed by atoms with Gasteiger partial charge < -0.3 is 16.0 Å². The van der Waals surface area contributed by atoms with E-state index in [0.717, 1.165) is 24.2 Å². The van der Waals surface area contributed by atoms with E-state index >= 15 is 0 Å². The van der Waals surface area contributed by atoms with Crippen LogP contribution < -0.4 is 16.0 Å². The highest BCUT2D eigenvalue weighted by Gasteiger charge is 2.15. The summed E-state index contributed by atoms with van der Waals surface area (Å²) in [5.41, 5.74) is 2.60. The fourth-order valence-corrected chi connectivity index (χ4v) is 1.82. The fourth-order valence-electron chi connectivity index (χ4n) is 1.82. The van der Waals surface area contributed by atoms with E-state index in [1.165, 1.54) is 0 Å². The summed E-state index contributed by atoms with van der Waals surface area (Å²) in [6.07, 6.45) is 1.05. The Morgan fingerprint density at radius 2 is 2.00 bits per heavy atom. The van der Waals surface area contributed by atoms with Crippen LogP contribution in [0.15, 0.2) is 18.2 Å². The minimum atomic E-state index is -0.550. The van der Waals surface area contributed by atoms with Gasteiger partial charge in [-0.15, -0.1) is 0 Å². The smallest absolute Gasteiger partial charge is 0.251 e. The number of hydrogen-bond acceptors (Lipinski definition) is 3. The summed E-state index contributed by atoms with van der Waals surface area (Å²) in [6, 6.07) is 4.93. The first-order valence-electron chi connectivity index (χ1n) is 6.86. The second-order valence-electron chi connectivity index (χ2n) is 4.77. The van der Waals surface area contributed by atoms with E-state index in [-0.39, 0.29) is 11.8 Å². The third-order valence-electron chi connectivity index (χ3n) is 3.04. The van der Waals surface area contributed by atoms with Gasteiger partial charge in [0, 0.05) is 24.8 Å². The monoisotopic (exact) mass is 277 g/mol. The number of carbonyl (C=O) groups is 2. The van der Waals surface area contributed by atoms with Gasteiger partial charge in [0.15, 0.2) is 0 Å². The van der Waals surface area contributed by atoms with Gasteiger partial charge in [-0.3, -0.25) is 9.59 Å². The number of aryl methyl sites for hydroxylation is 1. The maximum absolute atomic E-state index is 12.0. The number of benzene rings is 1. The van der Waals surface area contributed by atoms with Crippen molar-refractivity contribution in [3.63, 3.8) is 0 Å². The number of rotatable bonds is 6. The molecule has 0 aliphatic carbocycles. The first-order valence-corrected chi connectivity index (χ1v) is 6.86. The van der Waals surface area contributed by atoms with E-state index in [1.807, 2.05) is 19.1 Å². The van der Waals surface area contributed by atoms with Crippen LogP contribution in [0, 0.1) is 6.92 Å². The molecule has 1 rings (SSSR count). The van der Waals surface area contributed by atoms with E-state index < -0.39 is 6.04 Å². The topological polar surface area (TPSA) is 70.2 Å². The molecule has 0 saturated carbocycles. The van der Waals surface area contributed by atoms with E-state index in [4.69, 9.17) is 0 Å². The van der Waals surface area contributed by atoms with Crippen molar-refractivity contribution in [1.29, 1.82) is 0 Å². The SMILES string of the molecule is CCCNc1ccc(C(=O)NC(C)C(=O)NC)cc1C. The van der Waals surface area contributed by atoms with Crippen molar-refractivity contribution in [2.45, 2.75) is 33.2 Å². The normalized spacial score (nSPS) is 11.6. The number of hydrogen-bond donors (Lipinski definition) is 3. The molecule has 0 heterocycles. The van der Waals surface area contributed by atoms with Crippen LogP contribution in [-0.4, -0.2) is 31.4 Å². The molecule has 3 N–H and O–H groups in total. The lowest BCUT2D eigenvalue weighted by Crippen LogP contribution is -2.43. The largest absolute Gasteiger partial charge is 0.385 e. The molecular weight excluding hydrogens is 254 g/mol. The summed E-state index contributed by atoms with van der Waals surface area (Å²) < 4.78 is 0. The highest BCUT2D eigenvalue weighted by molar-refractivity contribution is 5.97. The third kappa shape index (κ3) is 4.26. The van der Waals surface area contributed by atoms with E-state index in [1.54, 1.807) is 20.0 Å². The van der Waals surface area contributed by atoms with Crippen LogP contribution in [0.25, 0.3) is 0 Å². The van der Waals surface area contributed by atoms with Gasteiger partial charge in [0.05, 0.1) is 0 Å². The quantitative estimate of drug-likeness (QED) is 0.741. The number of anilines is 1. The van der Waals surface area contributed by atoms with Crippen LogP contribution in [0.3, 0.4) is 0 Å². The van der Waals surface area contributed by atoms with Crippen LogP contribution in [0.5, 0.6) is 0 Å². The van der Waals surface area contributed by atoms with Gasteiger partial charge in [0.25, 0.3) is 5.91 Å². The molecule has 0 radical (unpaired) electrons. The van der Waals surface area contributed by atoms with Gasteiger partial charge in [-0.25, -0.2) is 0 Å². The summed E-state index contributed by atoms with van der Waals surface area (Å²) >= 11 is 0. The summed E-state index contributed by atoms with van der Waals surface area (Å²) in [5.74, 6) is -0.456. The Kier molecular flexibility index (Phi) is 6.03. The predicted molar refractivity (Wildman–Crippen MR) is 81.0 cm³/mol. The number of likely N-dealkylation sites (N-methyl/N-ethyl adjacent to an activating group) is 1. The molecule has 20 heavy (non-hydrogen) atoms. The number of carbonyl (C=O) groups excluding carboxylic acids is 2. The maximum Gasteiger partial charge on any atom is 0.251 e. The first-order chi connectivity index (χ1) is 9.49. The Morgan fingerprint density at radius 1 is 1.30 bits per heavy atom. The molecule has 1 unspecified atom stereocenters. The Bertz CT molecular complexity index is 486. The zero-order valence-electron chi connectivity index (χ0n) is 12.5. The molecule has 110 valence electrons. The van der Waals surface area contributed by atoms with Gasteiger partial charge in [0.1, 0.15) is 6.04 Å². The van der Waals surface area contributed by atoms with Gasteiger partial charge in [0.2, 0.25) is 5.91 Å². The Hall–Kier alpha value is -2.04. The van der Waals surface area contributed by atoms with Gasteiger partial charge in [-0.2, -0.15) is 0 Å². The van der Waals surface area contributed by atoms with Gasteiger partial charge in [-0.05, 0) is 44.0 Å². The van der Waals surface area contributed by atoms with Crippen LogP contribution in [0.2, 0.25) is 0 Å². The second-order valence-corrected chi connectivity index (χ2v) is 4.77. The van der Waals surface area contributed by atoms with Crippen molar-refractivity contribution >= 4 is 17.5 Å². The Morgan fingerprint density at radius 3 is 2.55 bits per heavy atom. The minimum absolute atomic E-state index is 0.212. The predicted octanol–water partition coefficient (Wildman–Crippen LogP) is 1.68. The molecule has 5 heteroatoms. The van der Waals surface area contributed by atoms with Gasteiger partial charge in [-0.1, -0.05) is 6.92 Å². The molecule has 1 aromatic rings. The molecule has 0 aliphatic rings. The number of amides is 2. The molecule has 0 saturated heterocycles. The molecule has 0 aromatic heterocycles. The van der Waals surface area contributed by atoms with Gasteiger partial charge >= 0.3 is 0 Å². The molecular formula is C15H23N3O2. The average Bonchev–Trinajstić information content (AvgIpc) is 2.44. The van der Waals surface area contributed by atoms with E-state index in [0.29, 0.717) is 5.56 Å². The zero-order valence-corrected chi connectivity index (χ0v) is 12.5. The molecule has 1 atom stereocenters.